The molecule has 0 bridgehead atoms. The second-order valence-electron chi connectivity index (χ2n) is 9.05. The second-order valence-corrected chi connectivity index (χ2v) is 9.05. The van der Waals surface area contributed by atoms with Crippen LogP contribution in [0.25, 0.3) is 5.57 Å². The number of anilines is 1. The quantitative estimate of drug-likeness (QED) is 0.461. The fourth-order valence-electron chi connectivity index (χ4n) is 4.66. The van der Waals surface area contributed by atoms with Crippen LogP contribution >= 0.6 is 0 Å². The van der Waals surface area contributed by atoms with Gasteiger partial charge in [-0.05, 0) is 78.6 Å². The number of alkyl halides is 3. The first-order valence-electron chi connectivity index (χ1n) is 12.1. The standard InChI is InChI=1S/C27H29F3N2O4/c28-27(29,30)23-14-18(6-8-22(23)19-4-2-1-3-5-19)17-36-21-7-9-24-20(15-21)11-13-32(24)25(33)16-31-12-10-26(34)35/h4,6-9,14-15,31H,1-3,5,10-13,16-17H2,(H,34,35). The van der Waals surface area contributed by atoms with Crippen LogP contribution in [0.2, 0.25) is 0 Å². The van der Waals surface area contributed by atoms with Gasteiger partial charge in [0.2, 0.25) is 5.91 Å². The van der Waals surface area contributed by atoms with Gasteiger partial charge in [-0.3, -0.25) is 9.59 Å². The molecular weight excluding hydrogens is 473 g/mol. The number of ether oxygens (including phenoxy) is 1. The predicted octanol–water partition coefficient (Wildman–Crippen LogP) is 5.20. The summed E-state index contributed by atoms with van der Waals surface area (Å²) in [5, 5.41) is 11.5. The molecule has 1 aliphatic heterocycles. The highest BCUT2D eigenvalue weighted by molar-refractivity contribution is 5.96. The molecule has 2 aromatic carbocycles. The molecule has 36 heavy (non-hydrogen) atoms. The van der Waals surface area contributed by atoms with Crippen molar-refractivity contribution in [1.82, 2.24) is 5.32 Å². The van der Waals surface area contributed by atoms with E-state index in [1.807, 2.05) is 12.1 Å². The summed E-state index contributed by atoms with van der Waals surface area (Å²) >= 11 is 0. The molecule has 1 aliphatic carbocycles. The lowest BCUT2D eigenvalue weighted by Gasteiger charge is -2.19. The molecule has 0 spiro atoms. The van der Waals surface area contributed by atoms with Crippen LogP contribution in [0.15, 0.2) is 42.5 Å². The Morgan fingerprint density at radius 2 is 1.92 bits per heavy atom. The molecule has 0 saturated carbocycles. The number of hydrogen-bond donors (Lipinski definition) is 2. The molecule has 9 heteroatoms. The molecule has 4 rings (SSSR count). The molecule has 0 aromatic heterocycles. The number of aliphatic carboxylic acids is 1. The summed E-state index contributed by atoms with van der Waals surface area (Å²) < 4.78 is 47.2. The van der Waals surface area contributed by atoms with E-state index in [2.05, 4.69) is 5.32 Å². The highest BCUT2D eigenvalue weighted by Gasteiger charge is 2.34. The molecule has 1 heterocycles. The van der Waals surface area contributed by atoms with E-state index in [4.69, 9.17) is 9.84 Å². The van der Waals surface area contributed by atoms with E-state index >= 15 is 0 Å². The van der Waals surface area contributed by atoms with E-state index in [9.17, 15) is 22.8 Å². The second kappa shape index (κ2) is 11.2. The summed E-state index contributed by atoms with van der Waals surface area (Å²) in [6.45, 7) is 0.754. The molecule has 0 saturated heterocycles. The maximum absolute atomic E-state index is 13.8. The number of allylic oxidation sites excluding steroid dienone is 2. The Morgan fingerprint density at radius 1 is 1.08 bits per heavy atom. The number of carbonyl (C=O) groups excluding carboxylic acids is 1. The summed E-state index contributed by atoms with van der Waals surface area (Å²) in [6, 6.07) is 9.70. The van der Waals surface area contributed by atoms with Gasteiger partial charge in [0.15, 0.2) is 0 Å². The maximum Gasteiger partial charge on any atom is 0.417 e. The molecule has 6 nitrogen and oxygen atoms in total. The minimum atomic E-state index is -4.45. The summed E-state index contributed by atoms with van der Waals surface area (Å²) in [7, 11) is 0. The van der Waals surface area contributed by atoms with Gasteiger partial charge in [0.25, 0.3) is 0 Å². The van der Waals surface area contributed by atoms with Crippen molar-refractivity contribution in [3.05, 3.63) is 64.7 Å². The van der Waals surface area contributed by atoms with E-state index in [0.717, 1.165) is 36.1 Å². The Hall–Kier alpha value is -3.33. The van der Waals surface area contributed by atoms with Crippen LogP contribution in [0.3, 0.4) is 0 Å². The van der Waals surface area contributed by atoms with Crippen LogP contribution < -0.4 is 15.0 Å². The Morgan fingerprint density at radius 3 is 2.64 bits per heavy atom. The van der Waals surface area contributed by atoms with E-state index in [-0.39, 0.29) is 37.6 Å². The van der Waals surface area contributed by atoms with Crippen LogP contribution in [0.1, 0.15) is 54.4 Å². The smallest absolute Gasteiger partial charge is 0.417 e. The number of carbonyl (C=O) groups is 2. The predicted molar refractivity (Wildman–Crippen MR) is 130 cm³/mol. The van der Waals surface area contributed by atoms with Crippen LogP contribution in [-0.4, -0.2) is 36.6 Å². The summed E-state index contributed by atoms with van der Waals surface area (Å²) in [5.74, 6) is -0.558. The molecule has 2 aliphatic rings. The van der Waals surface area contributed by atoms with Crippen molar-refractivity contribution < 1.29 is 32.6 Å². The van der Waals surface area contributed by atoms with Crippen molar-refractivity contribution in [3.8, 4) is 5.75 Å². The molecule has 2 aromatic rings. The van der Waals surface area contributed by atoms with Gasteiger partial charge in [-0.15, -0.1) is 0 Å². The van der Waals surface area contributed by atoms with Crippen molar-refractivity contribution in [2.75, 3.05) is 24.5 Å². The Kier molecular flexibility index (Phi) is 7.98. The number of carboxylic acids is 1. The molecule has 2 N–H and O–H groups in total. The van der Waals surface area contributed by atoms with Gasteiger partial charge in [0.1, 0.15) is 12.4 Å². The van der Waals surface area contributed by atoms with E-state index in [1.54, 1.807) is 29.2 Å². The molecule has 192 valence electrons. The Balaban J connectivity index is 1.40. The summed E-state index contributed by atoms with van der Waals surface area (Å²) in [4.78, 5) is 24.7. The van der Waals surface area contributed by atoms with Gasteiger partial charge in [-0.1, -0.05) is 18.2 Å². The molecular formula is C27H29F3N2O4. The summed E-state index contributed by atoms with van der Waals surface area (Å²) in [6.07, 6.45) is 1.41. The monoisotopic (exact) mass is 502 g/mol. The van der Waals surface area contributed by atoms with Crippen LogP contribution in [0.5, 0.6) is 5.75 Å². The highest BCUT2D eigenvalue weighted by atomic mass is 19.4. The van der Waals surface area contributed by atoms with Gasteiger partial charge in [0, 0.05) is 18.8 Å². The lowest BCUT2D eigenvalue weighted by atomic mass is 9.90. The topological polar surface area (TPSA) is 78.9 Å². The van der Waals surface area contributed by atoms with E-state index in [1.165, 1.54) is 6.07 Å². The zero-order valence-electron chi connectivity index (χ0n) is 19.9. The number of halogens is 3. The highest BCUT2D eigenvalue weighted by Crippen LogP contribution is 2.39. The Labute approximate surface area is 207 Å². The molecule has 0 fully saturated rings. The first-order chi connectivity index (χ1) is 17.2. The van der Waals surface area contributed by atoms with Crippen molar-refractivity contribution in [3.63, 3.8) is 0 Å². The largest absolute Gasteiger partial charge is 0.489 e. The molecule has 0 radical (unpaired) electrons. The van der Waals surface area contributed by atoms with Crippen molar-refractivity contribution in [2.24, 2.45) is 0 Å². The minimum Gasteiger partial charge on any atom is -0.489 e. The van der Waals surface area contributed by atoms with Gasteiger partial charge in [-0.25, -0.2) is 0 Å². The van der Waals surface area contributed by atoms with Crippen molar-refractivity contribution in [1.29, 1.82) is 0 Å². The average Bonchev–Trinajstić information content (AvgIpc) is 3.28. The third-order valence-electron chi connectivity index (χ3n) is 6.47. The summed E-state index contributed by atoms with van der Waals surface area (Å²) in [5.41, 5.74) is 2.50. The number of nitrogens with zero attached hydrogens (tertiary/aromatic N) is 1. The first kappa shape index (κ1) is 25.8. The van der Waals surface area contributed by atoms with E-state index in [0.29, 0.717) is 30.7 Å². The lowest BCUT2D eigenvalue weighted by Crippen LogP contribution is -2.37. The number of fused-ring (bicyclic) bond motifs is 1. The van der Waals surface area contributed by atoms with Crippen molar-refractivity contribution in [2.45, 2.75) is 51.3 Å². The molecule has 0 unspecified atom stereocenters. The minimum absolute atomic E-state index is 0.00264. The zero-order chi connectivity index (χ0) is 25.7. The maximum atomic E-state index is 13.8. The number of benzene rings is 2. The number of hydrogen-bond acceptors (Lipinski definition) is 4. The molecule has 0 atom stereocenters. The third kappa shape index (κ3) is 6.26. The van der Waals surface area contributed by atoms with Crippen LogP contribution in [-0.2, 0) is 28.8 Å². The average molecular weight is 503 g/mol. The van der Waals surface area contributed by atoms with Gasteiger partial charge in [0.05, 0.1) is 18.5 Å². The van der Waals surface area contributed by atoms with Crippen molar-refractivity contribution >= 4 is 23.1 Å². The lowest BCUT2D eigenvalue weighted by molar-refractivity contribution is -0.138. The fraction of sp³-hybridized carbons (Fsp3) is 0.407. The number of nitrogens with one attached hydrogen (secondary N) is 1. The zero-order valence-corrected chi connectivity index (χ0v) is 19.9. The number of carboxylic acid groups (broad SMARTS) is 1. The van der Waals surface area contributed by atoms with Gasteiger partial charge in [-0.2, -0.15) is 13.2 Å². The Bertz CT molecular complexity index is 1160. The SMILES string of the molecule is O=C(O)CCNCC(=O)N1CCc2cc(OCc3ccc(C4=CCCCC4)c(C(F)(F)F)c3)ccc21. The van der Waals surface area contributed by atoms with Crippen LogP contribution in [0, 0.1) is 0 Å². The first-order valence-corrected chi connectivity index (χ1v) is 12.1. The third-order valence-corrected chi connectivity index (χ3v) is 6.47. The fourth-order valence-corrected chi connectivity index (χ4v) is 4.66. The number of rotatable bonds is 9. The van der Waals surface area contributed by atoms with E-state index < -0.39 is 17.7 Å². The number of amides is 1. The van der Waals surface area contributed by atoms with Gasteiger partial charge < -0.3 is 20.1 Å². The van der Waals surface area contributed by atoms with Gasteiger partial charge >= 0.3 is 12.1 Å². The van der Waals surface area contributed by atoms with Crippen LogP contribution in [0.4, 0.5) is 18.9 Å². The normalized spacial score (nSPS) is 15.4. The molecule has 1 amide bonds.